The zero-order valence-corrected chi connectivity index (χ0v) is 13.0. The SMILES string of the molecule is CCCNC1(c2nc3c(s2)CCC3)CCCN(C)C1. The van der Waals surface area contributed by atoms with E-state index < -0.39 is 0 Å². The number of nitrogens with zero attached hydrogens (tertiary/aromatic N) is 2. The van der Waals surface area contributed by atoms with Crippen molar-refractivity contribution in [2.75, 3.05) is 26.7 Å². The van der Waals surface area contributed by atoms with Gasteiger partial charge in [-0.25, -0.2) is 4.98 Å². The van der Waals surface area contributed by atoms with Crippen LogP contribution >= 0.6 is 11.3 Å². The van der Waals surface area contributed by atoms with Gasteiger partial charge in [-0.05, 0) is 58.7 Å². The molecule has 1 aliphatic heterocycles. The van der Waals surface area contributed by atoms with Gasteiger partial charge in [-0.15, -0.1) is 11.3 Å². The maximum absolute atomic E-state index is 5.00. The van der Waals surface area contributed by atoms with Crippen molar-refractivity contribution in [2.24, 2.45) is 0 Å². The first-order chi connectivity index (χ1) is 9.23. The molecule has 0 bridgehead atoms. The van der Waals surface area contributed by atoms with Gasteiger partial charge in [0, 0.05) is 11.4 Å². The average Bonchev–Trinajstić information content (AvgIpc) is 2.97. The van der Waals surface area contributed by atoms with Crippen LogP contribution in [0.15, 0.2) is 0 Å². The van der Waals surface area contributed by atoms with E-state index in [1.807, 2.05) is 11.3 Å². The lowest BCUT2D eigenvalue weighted by Gasteiger charge is -2.41. The second kappa shape index (κ2) is 5.51. The molecule has 2 aliphatic rings. The Balaban J connectivity index is 1.88. The minimum atomic E-state index is 0.123. The minimum Gasteiger partial charge on any atom is -0.304 e. The lowest BCUT2D eigenvalue weighted by atomic mass is 9.89. The fraction of sp³-hybridized carbons (Fsp3) is 0.800. The van der Waals surface area contributed by atoms with Crippen LogP contribution in [0.5, 0.6) is 0 Å². The van der Waals surface area contributed by atoms with Gasteiger partial charge < -0.3 is 10.2 Å². The van der Waals surface area contributed by atoms with Crippen molar-refractivity contribution in [3.63, 3.8) is 0 Å². The summed E-state index contributed by atoms with van der Waals surface area (Å²) < 4.78 is 0. The van der Waals surface area contributed by atoms with Gasteiger partial charge in [-0.3, -0.25) is 0 Å². The van der Waals surface area contributed by atoms with Crippen molar-refractivity contribution in [3.8, 4) is 0 Å². The summed E-state index contributed by atoms with van der Waals surface area (Å²) in [4.78, 5) is 9.02. The number of rotatable bonds is 4. The summed E-state index contributed by atoms with van der Waals surface area (Å²) in [6.45, 7) is 5.67. The van der Waals surface area contributed by atoms with Gasteiger partial charge in [0.15, 0.2) is 0 Å². The van der Waals surface area contributed by atoms with Crippen molar-refractivity contribution in [1.29, 1.82) is 0 Å². The van der Waals surface area contributed by atoms with Crippen molar-refractivity contribution in [2.45, 2.75) is 51.0 Å². The molecule has 0 spiro atoms. The van der Waals surface area contributed by atoms with Crippen molar-refractivity contribution in [1.82, 2.24) is 15.2 Å². The Kier molecular flexibility index (Phi) is 3.92. The number of hydrogen-bond donors (Lipinski definition) is 1. The summed E-state index contributed by atoms with van der Waals surface area (Å²) in [5.74, 6) is 0. The predicted molar refractivity (Wildman–Crippen MR) is 80.8 cm³/mol. The Labute approximate surface area is 120 Å². The Morgan fingerprint density at radius 3 is 3.00 bits per heavy atom. The van der Waals surface area contributed by atoms with Gasteiger partial charge in [0.05, 0.1) is 11.2 Å². The van der Waals surface area contributed by atoms with E-state index in [1.165, 1.54) is 55.8 Å². The molecule has 1 fully saturated rings. The first-order valence-corrected chi connectivity index (χ1v) is 8.48. The third-order valence-electron chi connectivity index (χ3n) is 4.40. The maximum atomic E-state index is 5.00. The van der Waals surface area contributed by atoms with Crippen LogP contribution in [0.3, 0.4) is 0 Å². The Morgan fingerprint density at radius 1 is 1.37 bits per heavy atom. The topological polar surface area (TPSA) is 28.2 Å². The van der Waals surface area contributed by atoms with Crippen molar-refractivity contribution < 1.29 is 0 Å². The molecule has 0 saturated carbocycles. The number of fused-ring (bicyclic) bond motifs is 1. The van der Waals surface area contributed by atoms with E-state index in [9.17, 15) is 0 Å². The summed E-state index contributed by atoms with van der Waals surface area (Å²) >= 11 is 1.98. The Hall–Kier alpha value is -0.450. The molecule has 2 heterocycles. The molecular weight excluding hydrogens is 254 g/mol. The molecule has 1 N–H and O–H groups in total. The Morgan fingerprint density at radius 2 is 2.26 bits per heavy atom. The van der Waals surface area contributed by atoms with Gasteiger partial charge in [0.25, 0.3) is 0 Å². The highest BCUT2D eigenvalue weighted by Crippen LogP contribution is 2.37. The molecule has 19 heavy (non-hydrogen) atoms. The summed E-state index contributed by atoms with van der Waals surface area (Å²) in [5.41, 5.74) is 1.52. The molecule has 1 aromatic heterocycles. The molecule has 3 nitrogen and oxygen atoms in total. The van der Waals surface area contributed by atoms with E-state index in [2.05, 4.69) is 24.2 Å². The Bertz CT molecular complexity index is 421. The monoisotopic (exact) mass is 279 g/mol. The summed E-state index contributed by atoms with van der Waals surface area (Å²) in [5, 5.41) is 5.18. The zero-order chi connectivity index (χ0) is 13.3. The number of thiazole rings is 1. The number of likely N-dealkylation sites (N-methyl/N-ethyl adjacent to an activating group) is 1. The normalized spacial score (nSPS) is 27.7. The summed E-state index contributed by atoms with van der Waals surface area (Å²) in [6, 6.07) is 0. The number of nitrogens with one attached hydrogen (secondary N) is 1. The largest absolute Gasteiger partial charge is 0.304 e. The molecular formula is C15H25N3S. The van der Waals surface area contributed by atoms with E-state index in [4.69, 9.17) is 4.98 Å². The smallest absolute Gasteiger partial charge is 0.115 e. The first-order valence-electron chi connectivity index (χ1n) is 7.66. The fourth-order valence-corrected chi connectivity index (χ4v) is 4.76. The molecule has 4 heteroatoms. The van der Waals surface area contributed by atoms with Crippen LogP contribution in [0.25, 0.3) is 0 Å². The highest BCUT2D eigenvalue weighted by Gasteiger charge is 2.39. The molecule has 0 radical (unpaired) electrons. The standard InChI is InChI=1S/C15H25N3S/c1-3-9-16-15(8-5-10-18(2)11-15)14-17-12-6-4-7-13(12)19-14/h16H,3-11H2,1-2H3. The predicted octanol–water partition coefficient (Wildman–Crippen LogP) is 2.55. The average molecular weight is 279 g/mol. The molecule has 1 aliphatic carbocycles. The molecule has 0 amide bonds. The second-order valence-corrected chi connectivity index (χ2v) is 7.18. The number of hydrogen-bond acceptors (Lipinski definition) is 4. The number of aryl methyl sites for hydroxylation is 2. The minimum absolute atomic E-state index is 0.123. The van der Waals surface area contributed by atoms with Crippen LogP contribution in [0.4, 0.5) is 0 Å². The molecule has 1 saturated heterocycles. The van der Waals surface area contributed by atoms with E-state index in [-0.39, 0.29) is 5.54 Å². The fourth-order valence-electron chi connectivity index (χ4n) is 3.42. The second-order valence-electron chi connectivity index (χ2n) is 6.09. The zero-order valence-electron chi connectivity index (χ0n) is 12.2. The van der Waals surface area contributed by atoms with Gasteiger partial charge in [0.1, 0.15) is 5.01 Å². The van der Waals surface area contributed by atoms with Gasteiger partial charge in [0.2, 0.25) is 0 Å². The number of likely N-dealkylation sites (tertiary alicyclic amines) is 1. The summed E-state index contributed by atoms with van der Waals surface area (Å²) in [7, 11) is 2.24. The highest BCUT2D eigenvalue weighted by molar-refractivity contribution is 7.12. The lowest BCUT2D eigenvalue weighted by molar-refractivity contribution is 0.143. The third-order valence-corrected chi connectivity index (χ3v) is 5.76. The van der Waals surface area contributed by atoms with E-state index >= 15 is 0 Å². The van der Waals surface area contributed by atoms with E-state index in [1.54, 1.807) is 4.88 Å². The van der Waals surface area contributed by atoms with E-state index in [0.29, 0.717) is 0 Å². The summed E-state index contributed by atoms with van der Waals surface area (Å²) in [6.07, 6.45) is 7.47. The number of aromatic nitrogens is 1. The molecule has 1 atom stereocenters. The lowest BCUT2D eigenvalue weighted by Crippen LogP contribution is -2.53. The van der Waals surface area contributed by atoms with Gasteiger partial charge in [-0.1, -0.05) is 6.92 Å². The van der Waals surface area contributed by atoms with Crippen LogP contribution in [-0.4, -0.2) is 36.6 Å². The quantitative estimate of drug-likeness (QED) is 0.918. The maximum Gasteiger partial charge on any atom is 0.115 e. The number of piperidine rings is 1. The molecule has 1 unspecified atom stereocenters. The highest BCUT2D eigenvalue weighted by atomic mass is 32.1. The van der Waals surface area contributed by atoms with Crippen molar-refractivity contribution in [3.05, 3.63) is 15.6 Å². The van der Waals surface area contributed by atoms with Gasteiger partial charge >= 0.3 is 0 Å². The van der Waals surface area contributed by atoms with Crippen LogP contribution in [0.2, 0.25) is 0 Å². The molecule has 0 aromatic carbocycles. The molecule has 3 rings (SSSR count). The van der Waals surface area contributed by atoms with Gasteiger partial charge in [-0.2, -0.15) is 0 Å². The van der Waals surface area contributed by atoms with Crippen molar-refractivity contribution >= 4 is 11.3 Å². The molecule has 106 valence electrons. The first kappa shape index (κ1) is 13.5. The third kappa shape index (κ3) is 2.58. The van der Waals surface area contributed by atoms with Crippen LogP contribution in [0.1, 0.15) is 48.2 Å². The van der Waals surface area contributed by atoms with Crippen LogP contribution in [-0.2, 0) is 18.4 Å². The van der Waals surface area contributed by atoms with Crippen LogP contribution < -0.4 is 5.32 Å². The van der Waals surface area contributed by atoms with E-state index in [0.717, 1.165) is 13.1 Å². The van der Waals surface area contributed by atoms with Crippen LogP contribution in [0, 0.1) is 0 Å². The molecule has 1 aromatic rings.